The summed E-state index contributed by atoms with van der Waals surface area (Å²) in [7, 11) is 0. The van der Waals surface area contributed by atoms with Crippen LogP contribution in [0.25, 0.3) is 10.2 Å². The number of rotatable bonds is 5. The SMILES string of the molecule is Cc1nc2ccc(N(CC(=O)O)Sc3ccc(Cl)cc3)cc2s1. The molecule has 1 aromatic heterocycles. The third kappa shape index (κ3) is 3.96. The van der Waals surface area contributed by atoms with Crippen LogP contribution < -0.4 is 4.31 Å². The molecule has 1 heterocycles. The lowest BCUT2D eigenvalue weighted by molar-refractivity contribution is -0.135. The van der Waals surface area contributed by atoms with Crippen molar-refractivity contribution in [3.05, 3.63) is 52.5 Å². The van der Waals surface area contributed by atoms with E-state index in [9.17, 15) is 9.90 Å². The first-order valence-electron chi connectivity index (χ1n) is 6.81. The maximum atomic E-state index is 11.2. The maximum absolute atomic E-state index is 11.2. The zero-order valence-electron chi connectivity index (χ0n) is 12.2. The molecule has 0 aliphatic rings. The highest BCUT2D eigenvalue weighted by atomic mass is 35.5. The minimum Gasteiger partial charge on any atom is -0.480 e. The molecule has 0 amide bonds. The van der Waals surface area contributed by atoms with E-state index in [2.05, 4.69) is 4.98 Å². The lowest BCUT2D eigenvalue weighted by Crippen LogP contribution is -2.22. The zero-order chi connectivity index (χ0) is 16.4. The van der Waals surface area contributed by atoms with Crippen LogP contribution in [0.3, 0.4) is 0 Å². The first kappa shape index (κ1) is 16.1. The van der Waals surface area contributed by atoms with Crippen LogP contribution in [0, 0.1) is 6.92 Å². The minimum atomic E-state index is -0.882. The summed E-state index contributed by atoms with van der Waals surface area (Å²) in [5, 5.41) is 10.8. The third-order valence-corrected chi connectivity index (χ3v) is 5.30. The number of anilines is 1. The van der Waals surface area contributed by atoms with E-state index in [1.807, 2.05) is 37.3 Å². The Balaban J connectivity index is 1.92. The van der Waals surface area contributed by atoms with Gasteiger partial charge in [-0.2, -0.15) is 0 Å². The highest BCUT2D eigenvalue weighted by Gasteiger charge is 2.14. The molecule has 0 fully saturated rings. The quantitative estimate of drug-likeness (QED) is 0.655. The van der Waals surface area contributed by atoms with Gasteiger partial charge in [0.05, 0.1) is 15.2 Å². The second-order valence-corrected chi connectivity index (χ2v) is 7.63. The van der Waals surface area contributed by atoms with Gasteiger partial charge in [-0.05, 0) is 61.3 Å². The molecule has 0 atom stereocenters. The van der Waals surface area contributed by atoms with Gasteiger partial charge in [-0.15, -0.1) is 11.3 Å². The van der Waals surface area contributed by atoms with Crippen molar-refractivity contribution in [2.24, 2.45) is 0 Å². The molecule has 0 bridgehead atoms. The van der Waals surface area contributed by atoms with Crippen LogP contribution in [-0.2, 0) is 4.79 Å². The molecule has 2 aromatic carbocycles. The molecule has 118 valence electrons. The molecule has 23 heavy (non-hydrogen) atoms. The molecule has 0 unspecified atom stereocenters. The summed E-state index contributed by atoms with van der Waals surface area (Å²) in [6.07, 6.45) is 0. The molecule has 3 rings (SSSR count). The highest BCUT2D eigenvalue weighted by molar-refractivity contribution is 8.00. The van der Waals surface area contributed by atoms with Crippen LogP contribution >= 0.6 is 34.9 Å². The molecule has 0 aliphatic carbocycles. The molecule has 7 heteroatoms. The van der Waals surface area contributed by atoms with Crippen LogP contribution in [0.15, 0.2) is 47.4 Å². The molecule has 0 saturated carbocycles. The number of hydrogen-bond acceptors (Lipinski definition) is 5. The van der Waals surface area contributed by atoms with E-state index in [0.717, 1.165) is 25.8 Å². The molecule has 3 aromatic rings. The molecular weight excluding hydrogens is 352 g/mol. The van der Waals surface area contributed by atoms with E-state index in [4.69, 9.17) is 11.6 Å². The number of benzene rings is 2. The molecule has 0 spiro atoms. The zero-order valence-corrected chi connectivity index (χ0v) is 14.6. The number of fused-ring (bicyclic) bond motifs is 1. The van der Waals surface area contributed by atoms with Crippen LogP contribution in [0.2, 0.25) is 5.02 Å². The van der Waals surface area contributed by atoms with Crippen molar-refractivity contribution in [1.29, 1.82) is 0 Å². The van der Waals surface area contributed by atoms with Crippen LogP contribution in [0.4, 0.5) is 5.69 Å². The Labute approximate surface area is 146 Å². The van der Waals surface area contributed by atoms with Gasteiger partial charge in [-0.1, -0.05) is 11.6 Å². The number of thiazole rings is 1. The Hall–Kier alpha value is -1.76. The fourth-order valence-electron chi connectivity index (χ4n) is 2.11. The van der Waals surface area contributed by atoms with E-state index in [1.54, 1.807) is 27.8 Å². The number of aryl methyl sites for hydroxylation is 1. The standard InChI is InChI=1S/C16H13ClN2O2S2/c1-10-18-14-7-4-12(8-15(14)22-10)19(9-16(20)21)23-13-5-2-11(17)3-6-13/h2-8H,9H2,1H3,(H,20,21). The van der Waals surface area contributed by atoms with E-state index in [-0.39, 0.29) is 6.54 Å². The number of nitrogens with zero attached hydrogens (tertiary/aromatic N) is 2. The fraction of sp³-hybridized carbons (Fsp3) is 0.125. The topological polar surface area (TPSA) is 53.4 Å². The number of carbonyl (C=O) groups is 1. The monoisotopic (exact) mass is 364 g/mol. The summed E-state index contributed by atoms with van der Waals surface area (Å²) in [5.41, 5.74) is 1.77. The van der Waals surface area contributed by atoms with Crippen LogP contribution in [0.5, 0.6) is 0 Å². The van der Waals surface area contributed by atoms with Crippen LogP contribution in [0.1, 0.15) is 5.01 Å². The molecule has 0 aliphatic heterocycles. The van der Waals surface area contributed by atoms with E-state index < -0.39 is 5.97 Å². The van der Waals surface area contributed by atoms with Crippen LogP contribution in [-0.4, -0.2) is 22.6 Å². The maximum Gasteiger partial charge on any atom is 0.324 e. The summed E-state index contributed by atoms with van der Waals surface area (Å²) in [4.78, 5) is 16.6. The fourth-order valence-corrected chi connectivity index (χ4v) is 4.00. The normalized spacial score (nSPS) is 10.9. The van der Waals surface area contributed by atoms with Crippen molar-refractivity contribution >= 4 is 56.8 Å². The lowest BCUT2D eigenvalue weighted by atomic mass is 10.3. The first-order chi connectivity index (χ1) is 11.0. The van der Waals surface area contributed by atoms with Crippen molar-refractivity contribution in [3.63, 3.8) is 0 Å². The van der Waals surface area contributed by atoms with E-state index >= 15 is 0 Å². The predicted octanol–water partition coefficient (Wildman–Crippen LogP) is 4.86. The lowest BCUT2D eigenvalue weighted by Gasteiger charge is -2.21. The molecule has 0 saturated heterocycles. The number of aliphatic carboxylic acids is 1. The molecule has 0 radical (unpaired) electrons. The van der Waals surface area contributed by atoms with Crippen molar-refractivity contribution in [2.75, 3.05) is 10.8 Å². The van der Waals surface area contributed by atoms with Crippen molar-refractivity contribution in [3.8, 4) is 0 Å². The average molecular weight is 365 g/mol. The summed E-state index contributed by atoms with van der Waals surface area (Å²) >= 11 is 8.87. The molecule has 1 N–H and O–H groups in total. The van der Waals surface area contributed by atoms with Crippen molar-refractivity contribution in [2.45, 2.75) is 11.8 Å². The van der Waals surface area contributed by atoms with Gasteiger partial charge >= 0.3 is 5.97 Å². The molecular formula is C16H13ClN2O2S2. The smallest absolute Gasteiger partial charge is 0.324 e. The number of aromatic nitrogens is 1. The second-order valence-electron chi connectivity index (χ2n) is 4.86. The van der Waals surface area contributed by atoms with Gasteiger partial charge in [0.2, 0.25) is 0 Å². The minimum absolute atomic E-state index is 0.101. The van der Waals surface area contributed by atoms with E-state index in [0.29, 0.717) is 5.02 Å². The van der Waals surface area contributed by atoms with Crippen molar-refractivity contribution in [1.82, 2.24) is 4.98 Å². The Kier molecular flexibility index (Phi) is 4.75. The second kappa shape index (κ2) is 6.78. The third-order valence-electron chi connectivity index (χ3n) is 3.08. The Morgan fingerprint density at radius 2 is 2.04 bits per heavy atom. The van der Waals surface area contributed by atoms with Gasteiger partial charge in [0.15, 0.2) is 0 Å². The summed E-state index contributed by atoms with van der Waals surface area (Å²) < 4.78 is 2.80. The number of carboxylic acids is 1. The van der Waals surface area contributed by atoms with Gasteiger partial charge in [-0.25, -0.2) is 4.98 Å². The number of halogens is 1. The summed E-state index contributed by atoms with van der Waals surface area (Å²) in [5.74, 6) is -0.882. The number of hydrogen-bond donors (Lipinski definition) is 1. The van der Waals surface area contributed by atoms with E-state index in [1.165, 1.54) is 11.9 Å². The highest BCUT2D eigenvalue weighted by Crippen LogP contribution is 2.33. The predicted molar refractivity (Wildman–Crippen MR) is 96.6 cm³/mol. The summed E-state index contributed by atoms with van der Waals surface area (Å²) in [6.45, 7) is 1.86. The van der Waals surface area contributed by atoms with Gasteiger partial charge < -0.3 is 9.41 Å². The van der Waals surface area contributed by atoms with Crippen molar-refractivity contribution < 1.29 is 9.90 Å². The average Bonchev–Trinajstić information content (AvgIpc) is 2.87. The Bertz CT molecular complexity index is 849. The van der Waals surface area contributed by atoms with Gasteiger partial charge in [0.1, 0.15) is 6.54 Å². The summed E-state index contributed by atoms with van der Waals surface area (Å²) in [6, 6.07) is 13.1. The molecule has 4 nitrogen and oxygen atoms in total. The largest absolute Gasteiger partial charge is 0.480 e. The van der Waals surface area contributed by atoms with Gasteiger partial charge in [0, 0.05) is 15.6 Å². The van der Waals surface area contributed by atoms with Gasteiger partial charge in [0.25, 0.3) is 0 Å². The number of carboxylic acid groups (broad SMARTS) is 1. The van der Waals surface area contributed by atoms with Gasteiger partial charge in [-0.3, -0.25) is 4.79 Å². The Morgan fingerprint density at radius 3 is 2.74 bits per heavy atom. The first-order valence-corrected chi connectivity index (χ1v) is 8.78. The Morgan fingerprint density at radius 1 is 1.30 bits per heavy atom.